The number of anilines is 1. The van der Waals surface area contributed by atoms with Gasteiger partial charge in [0, 0.05) is 24.9 Å². The fourth-order valence-corrected chi connectivity index (χ4v) is 3.06. The number of benzene rings is 1. The second kappa shape index (κ2) is 5.36. The van der Waals surface area contributed by atoms with E-state index in [9.17, 15) is 4.79 Å². The Bertz CT molecular complexity index is 736. The summed E-state index contributed by atoms with van der Waals surface area (Å²) >= 11 is 0. The summed E-state index contributed by atoms with van der Waals surface area (Å²) in [5.41, 5.74) is 3.01. The average Bonchev–Trinajstić information content (AvgIpc) is 2.80. The van der Waals surface area contributed by atoms with E-state index in [4.69, 9.17) is 9.47 Å². The molecule has 2 heterocycles. The lowest BCUT2D eigenvalue weighted by atomic mass is 9.85. The Balaban J connectivity index is 2.11. The van der Waals surface area contributed by atoms with E-state index in [1.807, 2.05) is 32.2 Å². The highest BCUT2D eigenvalue weighted by Crippen LogP contribution is 2.41. The zero-order chi connectivity index (χ0) is 15.9. The molecule has 1 aliphatic rings. The molecule has 0 fully saturated rings. The predicted octanol–water partition coefficient (Wildman–Crippen LogP) is 2.22. The van der Waals surface area contributed by atoms with Gasteiger partial charge in [0.1, 0.15) is 5.82 Å². The van der Waals surface area contributed by atoms with Gasteiger partial charge in [0.15, 0.2) is 11.5 Å². The number of nitrogens with zero attached hydrogens (tertiary/aromatic N) is 2. The number of carbonyl (C=O) groups excluding carboxylic acids is 1. The number of ether oxygens (including phenoxy) is 2. The topological polar surface area (TPSA) is 65.4 Å². The van der Waals surface area contributed by atoms with Gasteiger partial charge < -0.3 is 14.8 Å². The van der Waals surface area contributed by atoms with Gasteiger partial charge in [-0.25, -0.2) is 0 Å². The van der Waals surface area contributed by atoms with Crippen LogP contribution in [-0.4, -0.2) is 29.9 Å². The standard InChI is InChI=1S/C16H19N3O3/c1-9-15-11(8-14(20)17-16(15)19(2)18-9)10-5-6-12(21-3)13(7-10)22-4/h5-7,11H,8H2,1-4H3,(H,17,20). The van der Waals surface area contributed by atoms with Crippen LogP contribution in [0.25, 0.3) is 0 Å². The Kier molecular flexibility index (Phi) is 3.52. The second-order valence-corrected chi connectivity index (χ2v) is 5.39. The molecule has 6 heteroatoms. The third kappa shape index (κ3) is 2.20. The summed E-state index contributed by atoms with van der Waals surface area (Å²) < 4.78 is 12.4. The number of amides is 1. The number of carbonyl (C=O) groups is 1. The first-order chi connectivity index (χ1) is 10.5. The van der Waals surface area contributed by atoms with Crippen molar-refractivity contribution in [2.24, 2.45) is 7.05 Å². The highest BCUT2D eigenvalue weighted by atomic mass is 16.5. The molecular formula is C16H19N3O3. The van der Waals surface area contributed by atoms with Crippen molar-refractivity contribution in [3.8, 4) is 11.5 Å². The quantitative estimate of drug-likeness (QED) is 0.944. The third-order valence-corrected chi connectivity index (χ3v) is 4.07. The van der Waals surface area contributed by atoms with Crippen LogP contribution in [0.5, 0.6) is 11.5 Å². The number of aromatic nitrogens is 2. The molecule has 0 saturated heterocycles. The van der Waals surface area contributed by atoms with Crippen LogP contribution in [0.3, 0.4) is 0 Å². The minimum absolute atomic E-state index is 0.00437. The maximum absolute atomic E-state index is 12.0. The van der Waals surface area contributed by atoms with Crippen molar-refractivity contribution in [2.45, 2.75) is 19.3 Å². The van der Waals surface area contributed by atoms with Crippen LogP contribution in [-0.2, 0) is 11.8 Å². The summed E-state index contributed by atoms with van der Waals surface area (Å²) in [6.07, 6.45) is 0.398. The molecular weight excluding hydrogens is 282 g/mol. The van der Waals surface area contributed by atoms with Gasteiger partial charge in [-0.05, 0) is 24.6 Å². The van der Waals surface area contributed by atoms with Gasteiger partial charge in [0.05, 0.1) is 19.9 Å². The molecule has 1 aromatic carbocycles. The molecule has 1 atom stereocenters. The van der Waals surface area contributed by atoms with Crippen LogP contribution in [0.1, 0.15) is 29.2 Å². The molecule has 1 unspecified atom stereocenters. The average molecular weight is 301 g/mol. The molecule has 1 amide bonds. The zero-order valence-electron chi connectivity index (χ0n) is 13.1. The van der Waals surface area contributed by atoms with E-state index in [1.165, 1.54) is 0 Å². The fraction of sp³-hybridized carbons (Fsp3) is 0.375. The van der Waals surface area contributed by atoms with Gasteiger partial charge in [-0.1, -0.05) is 6.07 Å². The number of hydrogen-bond acceptors (Lipinski definition) is 4. The number of rotatable bonds is 3. The lowest BCUT2D eigenvalue weighted by Gasteiger charge is -2.24. The van der Waals surface area contributed by atoms with Gasteiger partial charge in [-0.3, -0.25) is 9.48 Å². The van der Waals surface area contributed by atoms with E-state index in [1.54, 1.807) is 18.9 Å². The highest BCUT2D eigenvalue weighted by molar-refractivity contribution is 5.94. The summed E-state index contributed by atoms with van der Waals surface area (Å²) in [5, 5.41) is 7.33. The van der Waals surface area contributed by atoms with Gasteiger partial charge in [-0.15, -0.1) is 0 Å². The monoisotopic (exact) mass is 301 g/mol. The largest absolute Gasteiger partial charge is 0.493 e. The number of nitrogens with one attached hydrogen (secondary N) is 1. The Morgan fingerprint density at radius 2 is 2.00 bits per heavy atom. The molecule has 0 aliphatic carbocycles. The van der Waals surface area contributed by atoms with E-state index in [2.05, 4.69) is 10.4 Å². The molecule has 1 N–H and O–H groups in total. The van der Waals surface area contributed by atoms with Crippen molar-refractivity contribution < 1.29 is 14.3 Å². The van der Waals surface area contributed by atoms with Crippen molar-refractivity contribution in [3.05, 3.63) is 35.0 Å². The van der Waals surface area contributed by atoms with Crippen molar-refractivity contribution in [1.82, 2.24) is 9.78 Å². The Hall–Kier alpha value is -2.50. The van der Waals surface area contributed by atoms with E-state index in [-0.39, 0.29) is 11.8 Å². The molecule has 1 aliphatic heterocycles. The Morgan fingerprint density at radius 3 is 2.68 bits per heavy atom. The molecule has 2 aromatic rings. The van der Waals surface area contributed by atoms with E-state index in [0.717, 1.165) is 22.6 Å². The van der Waals surface area contributed by atoms with Gasteiger partial charge in [0.25, 0.3) is 0 Å². The van der Waals surface area contributed by atoms with Crippen LogP contribution >= 0.6 is 0 Å². The smallest absolute Gasteiger partial charge is 0.226 e. The lowest BCUT2D eigenvalue weighted by Crippen LogP contribution is -2.24. The minimum Gasteiger partial charge on any atom is -0.493 e. The molecule has 0 spiro atoms. The first kappa shape index (κ1) is 14.4. The van der Waals surface area contributed by atoms with Crippen molar-refractivity contribution >= 4 is 11.7 Å². The zero-order valence-corrected chi connectivity index (χ0v) is 13.1. The normalized spacial score (nSPS) is 16.9. The first-order valence-corrected chi connectivity index (χ1v) is 7.10. The van der Waals surface area contributed by atoms with Gasteiger partial charge in [0.2, 0.25) is 5.91 Å². The van der Waals surface area contributed by atoms with E-state index in [0.29, 0.717) is 17.9 Å². The molecule has 0 bridgehead atoms. The van der Waals surface area contributed by atoms with Crippen LogP contribution in [0.15, 0.2) is 18.2 Å². The van der Waals surface area contributed by atoms with E-state index >= 15 is 0 Å². The maximum atomic E-state index is 12.0. The summed E-state index contributed by atoms with van der Waals surface area (Å²) in [6, 6.07) is 5.77. The van der Waals surface area contributed by atoms with Crippen LogP contribution in [0.4, 0.5) is 5.82 Å². The number of methoxy groups -OCH3 is 2. The summed E-state index contributed by atoms with van der Waals surface area (Å²) in [6.45, 7) is 1.96. The number of fused-ring (bicyclic) bond motifs is 1. The molecule has 0 radical (unpaired) electrons. The highest BCUT2D eigenvalue weighted by Gasteiger charge is 2.31. The van der Waals surface area contributed by atoms with Crippen LogP contribution in [0.2, 0.25) is 0 Å². The minimum atomic E-state index is -0.0303. The van der Waals surface area contributed by atoms with Crippen molar-refractivity contribution in [2.75, 3.05) is 19.5 Å². The lowest BCUT2D eigenvalue weighted by molar-refractivity contribution is -0.116. The molecule has 1 aromatic heterocycles. The molecule has 0 saturated carbocycles. The summed E-state index contributed by atoms with van der Waals surface area (Å²) in [7, 11) is 5.05. The first-order valence-electron chi connectivity index (χ1n) is 7.10. The van der Waals surface area contributed by atoms with Gasteiger partial charge >= 0.3 is 0 Å². The molecule has 3 rings (SSSR count). The Labute approximate surface area is 129 Å². The fourth-order valence-electron chi connectivity index (χ4n) is 3.06. The molecule has 116 valence electrons. The molecule has 22 heavy (non-hydrogen) atoms. The van der Waals surface area contributed by atoms with Crippen LogP contribution in [0, 0.1) is 6.92 Å². The second-order valence-electron chi connectivity index (χ2n) is 5.39. The third-order valence-electron chi connectivity index (χ3n) is 4.07. The maximum Gasteiger partial charge on any atom is 0.226 e. The van der Waals surface area contributed by atoms with Crippen molar-refractivity contribution in [3.63, 3.8) is 0 Å². The predicted molar refractivity (Wildman–Crippen MR) is 82.6 cm³/mol. The number of aryl methyl sites for hydroxylation is 2. The Morgan fingerprint density at radius 1 is 1.27 bits per heavy atom. The number of hydrogen-bond donors (Lipinski definition) is 1. The molecule has 6 nitrogen and oxygen atoms in total. The van der Waals surface area contributed by atoms with Crippen molar-refractivity contribution in [1.29, 1.82) is 0 Å². The summed E-state index contributed by atoms with van der Waals surface area (Å²) in [5.74, 6) is 2.07. The van der Waals surface area contributed by atoms with Gasteiger partial charge in [-0.2, -0.15) is 5.10 Å². The SMILES string of the molecule is COc1ccc(C2CC(=O)Nc3c2c(C)nn3C)cc1OC. The van der Waals surface area contributed by atoms with E-state index < -0.39 is 0 Å². The van der Waals surface area contributed by atoms with Crippen LogP contribution < -0.4 is 14.8 Å². The summed E-state index contributed by atoms with van der Waals surface area (Å²) in [4.78, 5) is 12.0.